The third kappa shape index (κ3) is 2.31. The molecule has 23 heavy (non-hydrogen) atoms. The van der Waals surface area contributed by atoms with E-state index in [1.807, 2.05) is 49.4 Å². The van der Waals surface area contributed by atoms with Crippen LogP contribution in [-0.2, 0) is 27.3 Å². The molecule has 3 nitrogen and oxygen atoms in total. The number of rotatable bonds is 4. The average molecular weight is 312 g/mol. The van der Waals surface area contributed by atoms with Gasteiger partial charge in [-0.15, -0.1) is 0 Å². The summed E-state index contributed by atoms with van der Waals surface area (Å²) in [6.45, 7) is 3.97. The summed E-state index contributed by atoms with van der Waals surface area (Å²) in [6, 6.07) is 16.0. The van der Waals surface area contributed by atoms with Gasteiger partial charge in [0.05, 0.1) is 0 Å². The quantitative estimate of drug-likeness (QED) is 0.877. The van der Waals surface area contributed by atoms with Crippen molar-refractivity contribution in [2.45, 2.75) is 31.7 Å². The summed E-state index contributed by atoms with van der Waals surface area (Å²) in [5, 5.41) is 11.7. The Morgan fingerprint density at radius 3 is 2.22 bits per heavy atom. The smallest absolute Gasteiger partial charge is 0.191 e. The molecular formula is C20H24O3. The van der Waals surface area contributed by atoms with E-state index in [1.165, 1.54) is 5.56 Å². The molecule has 0 aliphatic heterocycles. The third-order valence-corrected chi connectivity index (χ3v) is 5.27. The zero-order valence-electron chi connectivity index (χ0n) is 14.2. The molecule has 1 aliphatic rings. The molecule has 0 aromatic heterocycles. The monoisotopic (exact) mass is 312 g/mol. The number of hydrogen-bond donors (Lipinski definition) is 1. The van der Waals surface area contributed by atoms with Crippen LogP contribution in [0.3, 0.4) is 0 Å². The summed E-state index contributed by atoms with van der Waals surface area (Å²) >= 11 is 0. The van der Waals surface area contributed by atoms with Crippen molar-refractivity contribution < 1.29 is 14.6 Å². The summed E-state index contributed by atoms with van der Waals surface area (Å²) in [7, 11) is 3.24. The highest BCUT2D eigenvalue weighted by atomic mass is 16.7. The van der Waals surface area contributed by atoms with E-state index in [9.17, 15) is 5.11 Å². The van der Waals surface area contributed by atoms with Crippen molar-refractivity contribution in [3.8, 4) is 0 Å². The van der Waals surface area contributed by atoms with Crippen LogP contribution in [0.5, 0.6) is 0 Å². The highest BCUT2D eigenvalue weighted by Gasteiger charge is 2.47. The van der Waals surface area contributed by atoms with Gasteiger partial charge in [-0.05, 0) is 36.0 Å². The van der Waals surface area contributed by atoms with Gasteiger partial charge in [0.25, 0.3) is 0 Å². The number of aliphatic hydroxyl groups is 1. The van der Waals surface area contributed by atoms with Crippen molar-refractivity contribution in [1.82, 2.24) is 0 Å². The molecule has 0 radical (unpaired) electrons. The first-order valence-electron chi connectivity index (χ1n) is 7.98. The zero-order valence-corrected chi connectivity index (χ0v) is 14.2. The Kier molecular flexibility index (Phi) is 4.05. The standard InChI is InChI=1S/C20H24O3/c1-14-13-15-9-5-6-10-16(15)20(14,21)18-12-8-7-11-17(18)19(2,22-3)23-4/h5-12,14,21H,13H2,1-4H3. The lowest BCUT2D eigenvalue weighted by Crippen LogP contribution is -2.37. The minimum atomic E-state index is -1.04. The number of hydrogen-bond acceptors (Lipinski definition) is 3. The van der Waals surface area contributed by atoms with Gasteiger partial charge in [-0.3, -0.25) is 0 Å². The van der Waals surface area contributed by atoms with Gasteiger partial charge in [0.1, 0.15) is 5.60 Å². The first-order valence-corrected chi connectivity index (χ1v) is 7.98. The first kappa shape index (κ1) is 16.2. The van der Waals surface area contributed by atoms with Crippen molar-refractivity contribution in [3.63, 3.8) is 0 Å². The molecule has 3 heteroatoms. The molecule has 0 bridgehead atoms. The van der Waals surface area contributed by atoms with Crippen molar-refractivity contribution in [2.75, 3.05) is 14.2 Å². The molecule has 3 rings (SSSR count). The fourth-order valence-corrected chi connectivity index (χ4v) is 3.74. The number of fused-ring (bicyclic) bond motifs is 1. The molecule has 0 amide bonds. The summed E-state index contributed by atoms with van der Waals surface area (Å²) in [4.78, 5) is 0. The number of methoxy groups -OCH3 is 2. The summed E-state index contributed by atoms with van der Waals surface area (Å²) < 4.78 is 11.2. The van der Waals surface area contributed by atoms with Crippen LogP contribution >= 0.6 is 0 Å². The maximum Gasteiger partial charge on any atom is 0.191 e. The molecule has 0 fully saturated rings. The second kappa shape index (κ2) is 5.75. The fraction of sp³-hybridized carbons (Fsp3) is 0.400. The van der Waals surface area contributed by atoms with Crippen LogP contribution in [0.25, 0.3) is 0 Å². The van der Waals surface area contributed by atoms with Gasteiger partial charge in [-0.25, -0.2) is 0 Å². The Balaban J connectivity index is 2.24. The first-order chi connectivity index (χ1) is 11.0. The van der Waals surface area contributed by atoms with E-state index in [4.69, 9.17) is 9.47 Å². The molecule has 0 saturated heterocycles. The third-order valence-electron chi connectivity index (χ3n) is 5.27. The Labute approximate surface area is 137 Å². The van der Waals surface area contributed by atoms with E-state index in [0.29, 0.717) is 0 Å². The predicted molar refractivity (Wildman–Crippen MR) is 90.1 cm³/mol. The highest BCUT2D eigenvalue weighted by molar-refractivity contribution is 5.49. The van der Waals surface area contributed by atoms with E-state index in [-0.39, 0.29) is 5.92 Å². The number of benzene rings is 2. The molecule has 0 heterocycles. The maximum absolute atomic E-state index is 11.7. The Bertz CT molecular complexity index is 706. The van der Waals surface area contributed by atoms with E-state index >= 15 is 0 Å². The second-order valence-electron chi connectivity index (χ2n) is 6.43. The summed E-state index contributed by atoms with van der Waals surface area (Å²) in [5.41, 5.74) is 2.86. The van der Waals surface area contributed by atoms with Gasteiger partial charge < -0.3 is 14.6 Å². The Morgan fingerprint density at radius 2 is 1.57 bits per heavy atom. The van der Waals surface area contributed by atoms with Gasteiger partial charge in [0, 0.05) is 19.8 Å². The Morgan fingerprint density at radius 1 is 1.00 bits per heavy atom. The summed E-state index contributed by atoms with van der Waals surface area (Å²) in [6.07, 6.45) is 0.859. The lowest BCUT2D eigenvalue weighted by Gasteiger charge is -2.36. The maximum atomic E-state index is 11.7. The molecule has 1 N–H and O–H groups in total. The fourth-order valence-electron chi connectivity index (χ4n) is 3.74. The van der Waals surface area contributed by atoms with E-state index in [2.05, 4.69) is 13.0 Å². The van der Waals surface area contributed by atoms with Gasteiger partial charge in [-0.1, -0.05) is 55.5 Å². The molecular weight excluding hydrogens is 288 g/mol. The van der Waals surface area contributed by atoms with Gasteiger partial charge in [0.15, 0.2) is 5.79 Å². The SMILES string of the molecule is COC(C)(OC)c1ccccc1C1(O)c2ccccc2CC1C. The van der Waals surface area contributed by atoms with Crippen LogP contribution in [0.15, 0.2) is 48.5 Å². The zero-order chi connectivity index (χ0) is 16.7. The summed E-state index contributed by atoms with van der Waals surface area (Å²) in [5.74, 6) is -0.817. The predicted octanol–water partition coefficient (Wildman–Crippen LogP) is 3.58. The topological polar surface area (TPSA) is 38.7 Å². The van der Waals surface area contributed by atoms with Crippen molar-refractivity contribution >= 4 is 0 Å². The molecule has 2 aromatic rings. The molecule has 122 valence electrons. The van der Waals surface area contributed by atoms with Crippen LogP contribution in [0.2, 0.25) is 0 Å². The highest BCUT2D eigenvalue weighted by Crippen LogP contribution is 2.48. The molecule has 2 atom stereocenters. The number of ether oxygens (including phenoxy) is 2. The average Bonchev–Trinajstić information content (AvgIpc) is 2.86. The van der Waals surface area contributed by atoms with Crippen molar-refractivity contribution in [1.29, 1.82) is 0 Å². The Hall–Kier alpha value is -1.68. The van der Waals surface area contributed by atoms with Crippen LogP contribution in [0.1, 0.15) is 36.1 Å². The molecule has 1 aliphatic carbocycles. The van der Waals surface area contributed by atoms with Crippen LogP contribution in [0, 0.1) is 5.92 Å². The van der Waals surface area contributed by atoms with Crippen LogP contribution in [-0.4, -0.2) is 19.3 Å². The van der Waals surface area contributed by atoms with Gasteiger partial charge in [0.2, 0.25) is 0 Å². The van der Waals surface area contributed by atoms with Gasteiger partial charge in [-0.2, -0.15) is 0 Å². The minimum Gasteiger partial charge on any atom is -0.380 e. The molecule has 2 unspecified atom stereocenters. The lowest BCUT2D eigenvalue weighted by molar-refractivity contribution is -0.203. The second-order valence-corrected chi connectivity index (χ2v) is 6.43. The van der Waals surface area contributed by atoms with E-state index < -0.39 is 11.4 Å². The molecule has 0 spiro atoms. The normalized spacial score (nSPS) is 23.8. The van der Waals surface area contributed by atoms with E-state index in [0.717, 1.165) is 23.1 Å². The molecule has 2 aromatic carbocycles. The molecule has 0 saturated carbocycles. The van der Waals surface area contributed by atoms with Crippen molar-refractivity contribution in [2.24, 2.45) is 5.92 Å². The lowest BCUT2D eigenvalue weighted by atomic mass is 9.78. The van der Waals surface area contributed by atoms with Crippen molar-refractivity contribution in [3.05, 3.63) is 70.8 Å². The largest absolute Gasteiger partial charge is 0.380 e. The van der Waals surface area contributed by atoms with E-state index in [1.54, 1.807) is 14.2 Å². The van der Waals surface area contributed by atoms with Crippen LogP contribution in [0.4, 0.5) is 0 Å². The van der Waals surface area contributed by atoms with Gasteiger partial charge >= 0.3 is 0 Å². The minimum absolute atomic E-state index is 0.0824. The van der Waals surface area contributed by atoms with Crippen LogP contribution < -0.4 is 0 Å².